The van der Waals surface area contributed by atoms with Crippen molar-refractivity contribution in [3.05, 3.63) is 35.4 Å². The van der Waals surface area contributed by atoms with Gasteiger partial charge in [0.1, 0.15) is 0 Å². The summed E-state index contributed by atoms with van der Waals surface area (Å²) in [5.41, 5.74) is 3.20. The van der Waals surface area contributed by atoms with Crippen molar-refractivity contribution in [1.29, 1.82) is 0 Å². The highest BCUT2D eigenvalue weighted by Crippen LogP contribution is 2.32. The summed E-state index contributed by atoms with van der Waals surface area (Å²) in [5.74, 6) is 1.71. The molecule has 0 aromatic heterocycles. The molecule has 92 valence electrons. The number of hydrogen-bond acceptors (Lipinski definition) is 1. The Morgan fingerprint density at radius 1 is 1.24 bits per heavy atom. The van der Waals surface area contributed by atoms with E-state index >= 15 is 0 Å². The molecule has 0 heterocycles. The maximum absolute atomic E-state index is 3.76. The molecule has 0 spiro atoms. The van der Waals surface area contributed by atoms with Gasteiger partial charge in [-0.3, -0.25) is 0 Å². The SMILES string of the molecule is CC1CC(NCC2CCCc3ccccc32)C1. The highest BCUT2D eigenvalue weighted by Gasteiger charge is 2.26. The molecule has 17 heavy (non-hydrogen) atoms. The Morgan fingerprint density at radius 2 is 2.06 bits per heavy atom. The van der Waals surface area contributed by atoms with Crippen molar-refractivity contribution < 1.29 is 0 Å². The zero-order chi connectivity index (χ0) is 11.7. The normalized spacial score (nSPS) is 31.7. The molecule has 1 fully saturated rings. The van der Waals surface area contributed by atoms with Gasteiger partial charge in [0.15, 0.2) is 0 Å². The zero-order valence-electron chi connectivity index (χ0n) is 10.8. The van der Waals surface area contributed by atoms with Crippen molar-refractivity contribution in [2.75, 3.05) is 6.54 Å². The fourth-order valence-electron chi connectivity index (χ4n) is 3.44. The molecule has 2 aliphatic rings. The molecule has 3 rings (SSSR count). The summed E-state index contributed by atoms with van der Waals surface area (Å²) in [6.45, 7) is 3.54. The van der Waals surface area contributed by atoms with E-state index in [1.54, 1.807) is 11.1 Å². The van der Waals surface area contributed by atoms with E-state index in [9.17, 15) is 0 Å². The van der Waals surface area contributed by atoms with Gasteiger partial charge in [-0.05, 0) is 55.1 Å². The van der Waals surface area contributed by atoms with Crippen LogP contribution in [0, 0.1) is 5.92 Å². The Labute approximate surface area is 105 Å². The average molecular weight is 229 g/mol. The zero-order valence-corrected chi connectivity index (χ0v) is 10.8. The molecule has 1 aromatic rings. The van der Waals surface area contributed by atoms with E-state index in [1.165, 1.54) is 38.6 Å². The second-order valence-corrected chi connectivity index (χ2v) is 5.97. The lowest BCUT2D eigenvalue weighted by Crippen LogP contribution is -2.42. The van der Waals surface area contributed by atoms with Crippen LogP contribution in [-0.4, -0.2) is 12.6 Å². The van der Waals surface area contributed by atoms with Gasteiger partial charge in [-0.15, -0.1) is 0 Å². The van der Waals surface area contributed by atoms with Crippen LogP contribution < -0.4 is 5.32 Å². The standard InChI is InChI=1S/C16H23N/c1-12-9-15(10-12)17-11-14-7-4-6-13-5-2-3-8-16(13)14/h2-3,5,8,12,14-15,17H,4,6-7,9-11H2,1H3. The fraction of sp³-hybridized carbons (Fsp3) is 0.625. The summed E-state index contributed by atoms with van der Waals surface area (Å²) in [5, 5.41) is 3.76. The molecule has 0 bridgehead atoms. The van der Waals surface area contributed by atoms with Crippen LogP contribution in [0.25, 0.3) is 0 Å². The summed E-state index contributed by atoms with van der Waals surface area (Å²) in [4.78, 5) is 0. The Bertz CT molecular complexity index is 379. The molecule has 1 aromatic carbocycles. The van der Waals surface area contributed by atoms with Crippen LogP contribution >= 0.6 is 0 Å². The fourth-order valence-corrected chi connectivity index (χ4v) is 3.44. The maximum Gasteiger partial charge on any atom is 0.00724 e. The third kappa shape index (κ3) is 2.40. The van der Waals surface area contributed by atoms with Crippen LogP contribution in [0.15, 0.2) is 24.3 Å². The second-order valence-electron chi connectivity index (χ2n) is 5.97. The third-order valence-electron chi connectivity index (χ3n) is 4.52. The first-order valence-corrected chi connectivity index (χ1v) is 7.14. The highest BCUT2D eigenvalue weighted by atomic mass is 14.9. The Balaban J connectivity index is 1.61. The van der Waals surface area contributed by atoms with Gasteiger partial charge in [0.05, 0.1) is 0 Å². The van der Waals surface area contributed by atoms with Crippen LogP contribution in [0.4, 0.5) is 0 Å². The summed E-state index contributed by atoms with van der Waals surface area (Å²) >= 11 is 0. The molecular weight excluding hydrogens is 206 g/mol. The third-order valence-corrected chi connectivity index (χ3v) is 4.52. The van der Waals surface area contributed by atoms with Crippen LogP contribution in [0.3, 0.4) is 0 Å². The molecule has 1 heteroatoms. The minimum Gasteiger partial charge on any atom is -0.313 e. The quantitative estimate of drug-likeness (QED) is 0.836. The summed E-state index contributed by atoms with van der Waals surface area (Å²) < 4.78 is 0. The smallest absolute Gasteiger partial charge is 0.00724 e. The van der Waals surface area contributed by atoms with Gasteiger partial charge in [0, 0.05) is 12.6 Å². The molecule has 0 aliphatic heterocycles. The molecule has 2 aliphatic carbocycles. The van der Waals surface area contributed by atoms with E-state index in [2.05, 4.69) is 36.5 Å². The largest absolute Gasteiger partial charge is 0.313 e. The van der Waals surface area contributed by atoms with Crippen LogP contribution in [-0.2, 0) is 6.42 Å². The van der Waals surface area contributed by atoms with Crippen molar-refractivity contribution >= 4 is 0 Å². The lowest BCUT2D eigenvalue weighted by molar-refractivity contribution is 0.236. The van der Waals surface area contributed by atoms with E-state index in [-0.39, 0.29) is 0 Å². The Hall–Kier alpha value is -0.820. The predicted octanol–water partition coefficient (Wildman–Crippen LogP) is 3.49. The number of fused-ring (bicyclic) bond motifs is 1. The molecule has 1 saturated carbocycles. The molecule has 1 N–H and O–H groups in total. The van der Waals surface area contributed by atoms with Crippen molar-refractivity contribution in [3.8, 4) is 0 Å². The molecule has 0 saturated heterocycles. The first-order chi connectivity index (χ1) is 8.33. The van der Waals surface area contributed by atoms with Crippen molar-refractivity contribution in [1.82, 2.24) is 5.32 Å². The summed E-state index contributed by atoms with van der Waals surface area (Å²) in [6.07, 6.45) is 6.78. The second kappa shape index (κ2) is 4.81. The van der Waals surface area contributed by atoms with Gasteiger partial charge < -0.3 is 5.32 Å². The number of benzene rings is 1. The lowest BCUT2D eigenvalue weighted by Gasteiger charge is -2.35. The molecule has 0 radical (unpaired) electrons. The summed E-state index contributed by atoms with van der Waals surface area (Å²) in [6, 6.07) is 9.83. The Kier molecular flexibility index (Phi) is 3.19. The van der Waals surface area contributed by atoms with Crippen LogP contribution in [0.5, 0.6) is 0 Å². The minimum absolute atomic E-state index is 0.760. The van der Waals surface area contributed by atoms with Gasteiger partial charge >= 0.3 is 0 Å². The topological polar surface area (TPSA) is 12.0 Å². The summed E-state index contributed by atoms with van der Waals surface area (Å²) in [7, 11) is 0. The monoisotopic (exact) mass is 229 g/mol. The Morgan fingerprint density at radius 3 is 2.88 bits per heavy atom. The van der Waals surface area contributed by atoms with Crippen LogP contribution in [0.2, 0.25) is 0 Å². The van der Waals surface area contributed by atoms with Crippen molar-refractivity contribution in [2.45, 2.75) is 51.0 Å². The number of nitrogens with one attached hydrogen (secondary N) is 1. The average Bonchev–Trinajstić information content (AvgIpc) is 2.33. The van der Waals surface area contributed by atoms with E-state index < -0.39 is 0 Å². The lowest BCUT2D eigenvalue weighted by atomic mass is 9.80. The van der Waals surface area contributed by atoms with Crippen LogP contribution in [0.1, 0.15) is 49.7 Å². The van der Waals surface area contributed by atoms with E-state index in [1.807, 2.05) is 0 Å². The first kappa shape index (κ1) is 11.3. The first-order valence-electron chi connectivity index (χ1n) is 7.14. The molecule has 1 unspecified atom stereocenters. The van der Waals surface area contributed by atoms with Gasteiger partial charge in [0.25, 0.3) is 0 Å². The number of rotatable bonds is 3. The molecule has 1 nitrogen and oxygen atoms in total. The number of hydrogen-bond donors (Lipinski definition) is 1. The van der Waals surface area contributed by atoms with E-state index in [0.717, 1.165) is 17.9 Å². The maximum atomic E-state index is 3.76. The van der Waals surface area contributed by atoms with Crippen molar-refractivity contribution in [3.63, 3.8) is 0 Å². The molecular formula is C16H23N. The van der Waals surface area contributed by atoms with Gasteiger partial charge in [-0.1, -0.05) is 31.2 Å². The van der Waals surface area contributed by atoms with E-state index in [4.69, 9.17) is 0 Å². The number of aryl methyl sites for hydroxylation is 1. The minimum atomic E-state index is 0.760. The molecule has 0 amide bonds. The highest BCUT2D eigenvalue weighted by molar-refractivity contribution is 5.32. The molecule has 1 atom stereocenters. The van der Waals surface area contributed by atoms with E-state index in [0.29, 0.717) is 0 Å². The van der Waals surface area contributed by atoms with Gasteiger partial charge in [-0.2, -0.15) is 0 Å². The predicted molar refractivity (Wildman–Crippen MR) is 72.3 cm³/mol. The van der Waals surface area contributed by atoms with Gasteiger partial charge in [0.2, 0.25) is 0 Å². The van der Waals surface area contributed by atoms with Crippen molar-refractivity contribution in [2.24, 2.45) is 5.92 Å². The van der Waals surface area contributed by atoms with Gasteiger partial charge in [-0.25, -0.2) is 0 Å².